The highest BCUT2D eigenvalue weighted by atomic mass is 16.4. The van der Waals surface area contributed by atoms with Crippen molar-refractivity contribution in [2.45, 2.75) is 13.1 Å². The molecule has 3 nitrogen and oxygen atoms in total. The fourth-order valence-corrected chi connectivity index (χ4v) is 1.42. The number of hydrogen-bond donors (Lipinski definition) is 2. The van der Waals surface area contributed by atoms with Crippen LogP contribution in [0.15, 0.2) is 46.9 Å². The Morgan fingerprint density at radius 3 is 2.47 bits per heavy atom. The number of anilines is 1. The van der Waals surface area contributed by atoms with Gasteiger partial charge in [0, 0.05) is 12.6 Å². The Labute approximate surface area is 88.9 Å². The van der Waals surface area contributed by atoms with Crippen molar-refractivity contribution in [3.8, 4) is 0 Å². The van der Waals surface area contributed by atoms with Gasteiger partial charge in [-0.1, -0.05) is 30.3 Å². The molecule has 0 unspecified atom stereocenters. The first-order valence-electron chi connectivity index (χ1n) is 4.93. The minimum atomic E-state index is 0.464. The largest absolute Gasteiger partial charge is 0.445 e. The third-order valence-corrected chi connectivity index (χ3v) is 2.15. The van der Waals surface area contributed by atoms with Crippen LogP contribution < -0.4 is 11.1 Å². The van der Waals surface area contributed by atoms with Crippen LogP contribution in [-0.4, -0.2) is 0 Å². The number of nitrogen functional groups attached to an aromatic ring is 1. The van der Waals surface area contributed by atoms with Crippen molar-refractivity contribution in [2.75, 3.05) is 5.73 Å². The lowest BCUT2D eigenvalue weighted by atomic mass is 10.2. The van der Waals surface area contributed by atoms with E-state index in [1.165, 1.54) is 5.56 Å². The fourth-order valence-electron chi connectivity index (χ4n) is 1.42. The summed E-state index contributed by atoms with van der Waals surface area (Å²) in [5.41, 5.74) is 6.73. The number of hydrogen-bond acceptors (Lipinski definition) is 3. The highest BCUT2D eigenvalue weighted by Gasteiger charge is 1.97. The maximum Gasteiger partial charge on any atom is 0.190 e. The molecule has 15 heavy (non-hydrogen) atoms. The van der Waals surface area contributed by atoms with Gasteiger partial charge in [0.1, 0.15) is 5.76 Å². The molecule has 0 aliphatic rings. The van der Waals surface area contributed by atoms with E-state index >= 15 is 0 Å². The van der Waals surface area contributed by atoms with Crippen LogP contribution in [0.1, 0.15) is 11.3 Å². The number of nitrogens with one attached hydrogen (secondary N) is 1. The molecule has 0 atom stereocenters. The summed E-state index contributed by atoms with van der Waals surface area (Å²) in [5.74, 6) is 1.33. The lowest BCUT2D eigenvalue weighted by Gasteiger charge is -2.02. The zero-order valence-corrected chi connectivity index (χ0v) is 8.44. The molecule has 0 fully saturated rings. The summed E-state index contributed by atoms with van der Waals surface area (Å²) in [6, 6.07) is 13.9. The monoisotopic (exact) mass is 202 g/mol. The summed E-state index contributed by atoms with van der Waals surface area (Å²) in [5, 5.41) is 3.28. The van der Waals surface area contributed by atoms with E-state index in [9.17, 15) is 0 Å². The van der Waals surface area contributed by atoms with Crippen LogP contribution in [0.5, 0.6) is 0 Å². The van der Waals surface area contributed by atoms with Crippen LogP contribution in [0.2, 0.25) is 0 Å². The number of rotatable bonds is 4. The molecule has 0 bridgehead atoms. The van der Waals surface area contributed by atoms with Crippen molar-refractivity contribution in [3.63, 3.8) is 0 Å². The van der Waals surface area contributed by atoms with Crippen LogP contribution >= 0.6 is 0 Å². The van der Waals surface area contributed by atoms with Gasteiger partial charge in [-0.25, -0.2) is 0 Å². The Hall–Kier alpha value is -1.74. The smallest absolute Gasteiger partial charge is 0.190 e. The third kappa shape index (κ3) is 2.86. The van der Waals surface area contributed by atoms with Gasteiger partial charge >= 0.3 is 0 Å². The van der Waals surface area contributed by atoms with Crippen LogP contribution in [0.3, 0.4) is 0 Å². The van der Waals surface area contributed by atoms with E-state index in [1.807, 2.05) is 24.3 Å². The highest BCUT2D eigenvalue weighted by Crippen LogP contribution is 2.08. The number of nitrogens with two attached hydrogens (primary N) is 1. The molecular weight excluding hydrogens is 188 g/mol. The van der Waals surface area contributed by atoms with Gasteiger partial charge in [-0.15, -0.1) is 0 Å². The molecule has 2 rings (SSSR count). The Bertz CT molecular complexity index is 409. The van der Waals surface area contributed by atoms with Crippen molar-refractivity contribution in [3.05, 3.63) is 53.8 Å². The van der Waals surface area contributed by atoms with Gasteiger partial charge in [-0.2, -0.15) is 0 Å². The molecule has 0 spiro atoms. The van der Waals surface area contributed by atoms with Gasteiger partial charge in [-0.3, -0.25) is 0 Å². The van der Waals surface area contributed by atoms with Crippen LogP contribution in [0, 0.1) is 0 Å². The summed E-state index contributed by atoms with van der Waals surface area (Å²) >= 11 is 0. The molecule has 0 aliphatic heterocycles. The van der Waals surface area contributed by atoms with Crippen molar-refractivity contribution in [2.24, 2.45) is 0 Å². The Morgan fingerprint density at radius 2 is 1.80 bits per heavy atom. The number of benzene rings is 1. The van der Waals surface area contributed by atoms with E-state index in [0.717, 1.165) is 12.3 Å². The van der Waals surface area contributed by atoms with E-state index in [4.69, 9.17) is 10.2 Å². The maximum atomic E-state index is 5.47. The molecule has 1 heterocycles. The van der Waals surface area contributed by atoms with Gasteiger partial charge < -0.3 is 15.5 Å². The second-order valence-electron chi connectivity index (χ2n) is 3.39. The molecule has 3 heteroatoms. The Morgan fingerprint density at radius 1 is 1.00 bits per heavy atom. The highest BCUT2D eigenvalue weighted by molar-refractivity contribution is 5.25. The SMILES string of the molecule is Nc1ccc(CNCc2ccccc2)o1. The van der Waals surface area contributed by atoms with Gasteiger partial charge in [0.05, 0.1) is 6.54 Å². The average molecular weight is 202 g/mol. The first-order chi connectivity index (χ1) is 7.34. The lowest BCUT2D eigenvalue weighted by molar-refractivity contribution is 0.497. The summed E-state index contributed by atoms with van der Waals surface area (Å²) < 4.78 is 5.24. The van der Waals surface area contributed by atoms with E-state index in [1.54, 1.807) is 6.07 Å². The quantitative estimate of drug-likeness (QED) is 0.798. The van der Waals surface area contributed by atoms with Gasteiger partial charge in [0.15, 0.2) is 5.88 Å². The van der Waals surface area contributed by atoms with E-state index in [0.29, 0.717) is 12.4 Å². The van der Waals surface area contributed by atoms with Gasteiger partial charge in [0.25, 0.3) is 0 Å². The minimum Gasteiger partial charge on any atom is -0.445 e. The molecule has 0 radical (unpaired) electrons. The van der Waals surface area contributed by atoms with Crippen molar-refractivity contribution >= 4 is 5.88 Å². The van der Waals surface area contributed by atoms with E-state index in [2.05, 4.69) is 17.4 Å². The zero-order valence-electron chi connectivity index (χ0n) is 8.44. The maximum absolute atomic E-state index is 5.47. The van der Waals surface area contributed by atoms with Crippen molar-refractivity contribution in [1.82, 2.24) is 5.32 Å². The Balaban J connectivity index is 1.80. The molecule has 0 saturated carbocycles. The predicted molar refractivity (Wildman–Crippen MR) is 60.1 cm³/mol. The first kappa shape index (κ1) is 9.80. The standard InChI is InChI=1S/C12H14N2O/c13-12-7-6-11(15-12)9-14-8-10-4-2-1-3-5-10/h1-7,14H,8-9,13H2. The molecule has 3 N–H and O–H groups in total. The molecule has 0 aliphatic carbocycles. The van der Waals surface area contributed by atoms with Crippen LogP contribution in [-0.2, 0) is 13.1 Å². The van der Waals surface area contributed by atoms with Crippen molar-refractivity contribution < 1.29 is 4.42 Å². The zero-order chi connectivity index (χ0) is 10.5. The van der Waals surface area contributed by atoms with E-state index < -0.39 is 0 Å². The average Bonchev–Trinajstić information content (AvgIpc) is 2.66. The first-order valence-corrected chi connectivity index (χ1v) is 4.93. The third-order valence-electron chi connectivity index (χ3n) is 2.15. The van der Waals surface area contributed by atoms with Crippen molar-refractivity contribution in [1.29, 1.82) is 0 Å². The molecule has 0 amide bonds. The van der Waals surface area contributed by atoms with Gasteiger partial charge in [0.2, 0.25) is 0 Å². The van der Waals surface area contributed by atoms with Crippen LogP contribution in [0.25, 0.3) is 0 Å². The molecular formula is C12H14N2O. The molecule has 1 aromatic carbocycles. The predicted octanol–water partition coefficient (Wildman–Crippen LogP) is 2.15. The second-order valence-corrected chi connectivity index (χ2v) is 3.39. The summed E-state index contributed by atoms with van der Waals surface area (Å²) in [6.07, 6.45) is 0. The van der Waals surface area contributed by atoms with Crippen LogP contribution in [0.4, 0.5) is 5.88 Å². The molecule has 78 valence electrons. The Kier molecular flexibility index (Phi) is 3.05. The lowest BCUT2D eigenvalue weighted by Crippen LogP contribution is -2.11. The second kappa shape index (κ2) is 4.66. The molecule has 0 saturated heterocycles. The summed E-state index contributed by atoms with van der Waals surface area (Å²) in [7, 11) is 0. The van der Waals surface area contributed by atoms with E-state index in [-0.39, 0.29) is 0 Å². The van der Waals surface area contributed by atoms with Gasteiger partial charge in [-0.05, 0) is 11.6 Å². The molecule has 2 aromatic rings. The normalized spacial score (nSPS) is 10.4. The molecule has 1 aromatic heterocycles. The topological polar surface area (TPSA) is 51.2 Å². The summed E-state index contributed by atoms with van der Waals surface area (Å²) in [6.45, 7) is 1.54. The number of furan rings is 1. The minimum absolute atomic E-state index is 0.464. The summed E-state index contributed by atoms with van der Waals surface area (Å²) in [4.78, 5) is 0. The fraction of sp³-hybridized carbons (Fsp3) is 0.167.